The van der Waals surface area contributed by atoms with E-state index in [1.165, 1.54) is 11.8 Å². The number of nitrogens with two attached hydrogens (primary N) is 1. The maximum Gasteiger partial charge on any atom is 0.344 e. The highest BCUT2D eigenvalue weighted by Gasteiger charge is 2.16. The van der Waals surface area contributed by atoms with Crippen LogP contribution in [-0.4, -0.2) is 14.8 Å². The lowest BCUT2D eigenvalue weighted by molar-refractivity contribution is 0.534. The van der Waals surface area contributed by atoms with E-state index >= 15 is 0 Å². The van der Waals surface area contributed by atoms with Gasteiger partial charge in [0, 0.05) is 17.0 Å². The Morgan fingerprint density at radius 2 is 2.10 bits per heavy atom. The Hall–Kier alpha value is -1.53. The fourth-order valence-corrected chi connectivity index (χ4v) is 3.18. The molecule has 0 aliphatic carbocycles. The van der Waals surface area contributed by atoms with E-state index in [2.05, 4.69) is 17.1 Å². The Labute approximate surface area is 122 Å². The van der Waals surface area contributed by atoms with Gasteiger partial charge in [-0.3, -0.25) is 4.57 Å². The van der Waals surface area contributed by atoms with Crippen molar-refractivity contribution in [2.24, 2.45) is 5.73 Å². The van der Waals surface area contributed by atoms with E-state index in [-0.39, 0.29) is 17.8 Å². The van der Waals surface area contributed by atoms with E-state index in [4.69, 9.17) is 5.73 Å². The standard InChI is InChI=1S/C14H20N4OS/c1-4-11(15)10-7-5-6-8-12(10)20-14-17-16-13(19)18(14)9(2)3/h5-9,11H,4,15H2,1-3H3,(H,16,19)/t11-/m1/s1. The third-order valence-corrected chi connectivity index (χ3v) is 4.21. The van der Waals surface area contributed by atoms with Gasteiger partial charge in [-0.1, -0.05) is 25.1 Å². The van der Waals surface area contributed by atoms with E-state index in [0.717, 1.165) is 16.9 Å². The lowest BCUT2D eigenvalue weighted by Gasteiger charge is -2.15. The van der Waals surface area contributed by atoms with E-state index in [0.29, 0.717) is 5.16 Å². The Morgan fingerprint density at radius 3 is 2.75 bits per heavy atom. The van der Waals surface area contributed by atoms with Crippen LogP contribution in [0.3, 0.4) is 0 Å². The first-order valence-electron chi connectivity index (χ1n) is 6.73. The molecule has 0 amide bonds. The van der Waals surface area contributed by atoms with E-state index in [1.54, 1.807) is 4.57 Å². The van der Waals surface area contributed by atoms with Crippen LogP contribution in [-0.2, 0) is 0 Å². The minimum Gasteiger partial charge on any atom is -0.324 e. The first-order valence-corrected chi connectivity index (χ1v) is 7.55. The summed E-state index contributed by atoms with van der Waals surface area (Å²) in [6, 6.07) is 8.06. The fraction of sp³-hybridized carbons (Fsp3) is 0.429. The highest BCUT2D eigenvalue weighted by molar-refractivity contribution is 7.99. The third kappa shape index (κ3) is 2.96. The van der Waals surface area contributed by atoms with Gasteiger partial charge in [0.2, 0.25) is 0 Å². The number of hydrogen-bond donors (Lipinski definition) is 2. The molecule has 6 heteroatoms. The van der Waals surface area contributed by atoms with Gasteiger partial charge >= 0.3 is 5.69 Å². The molecular weight excluding hydrogens is 272 g/mol. The summed E-state index contributed by atoms with van der Waals surface area (Å²) in [6.45, 7) is 5.99. The van der Waals surface area contributed by atoms with E-state index < -0.39 is 0 Å². The molecule has 0 aliphatic rings. The van der Waals surface area contributed by atoms with Crippen LogP contribution in [0.4, 0.5) is 0 Å². The van der Waals surface area contributed by atoms with Crippen molar-refractivity contribution in [2.75, 3.05) is 0 Å². The molecule has 1 aromatic carbocycles. The number of H-pyrrole nitrogens is 1. The fourth-order valence-electron chi connectivity index (χ4n) is 2.02. The Balaban J connectivity index is 2.38. The molecule has 2 rings (SSSR count). The molecule has 0 bridgehead atoms. The molecule has 1 atom stereocenters. The van der Waals surface area contributed by atoms with Crippen molar-refractivity contribution in [3.8, 4) is 0 Å². The number of aromatic amines is 1. The Morgan fingerprint density at radius 1 is 1.40 bits per heavy atom. The number of nitrogens with one attached hydrogen (secondary N) is 1. The molecule has 20 heavy (non-hydrogen) atoms. The third-order valence-electron chi connectivity index (χ3n) is 3.15. The molecule has 0 spiro atoms. The molecule has 108 valence electrons. The van der Waals surface area contributed by atoms with Gasteiger partial charge in [-0.25, -0.2) is 9.89 Å². The van der Waals surface area contributed by atoms with Gasteiger partial charge in [-0.2, -0.15) is 0 Å². The summed E-state index contributed by atoms with van der Waals surface area (Å²) in [4.78, 5) is 12.8. The first-order chi connectivity index (χ1) is 9.54. The van der Waals surface area contributed by atoms with Crippen LogP contribution in [0.25, 0.3) is 0 Å². The van der Waals surface area contributed by atoms with Gasteiger partial charge in [0.25, 0.3) is 0 Å². The van der Waals surface area contributed by atoms with Crippen molar-refractivity contribution in [3.63, 3.8) is 0 Å². The van der Waals surface area contributed by atoms with Gasteiger partial charge in [0.1, 0.15) is 0 Å². The maximum atomic E-state index is 11.8. The second kappa shape index (κ2) is 6.28. The van der Waals surface area contributed by atoms with E-state index in [9.17, 15) is 4.79 Å². The predicted octanol–water partition coefficient (Wildman–Crippen LogP) is 2.71. The lowest BCUT2D eigenvalue weighted by Crippen LogP contribution is -2.19. The lowest BCUT2D eigenvalue weighted by atomic mass is 10.1. The Bertz CT molecular complexity index is 632. The molecule has 0 saturated carbocycles. The molecule has 5 nitrogen and oxygen atoms in total. The summed E-state index contributed by atoms with van der Waals surface area (Å²) >= 11 is 1.47. The number of nitrogens with zero attached hydrogens (tertiary/aromatic N) is 2. The summed E-state index contributed by atoms with van der Waals surface area (Å²) < 4.78 is 1.65. The highest BCUT2D eigenvalue weighted by atomic mass is 32.2. The van der Waals surface area contributed by atoms with Crippen LogP contribution in [0.5, 0.6) is 0 Å². The van der Waals surface area contributed by atoms with Crippen LogP contribution in [0, 0.1) is 0 Å². The van der Waals surface area contributed by atoms with Crippen LogP contribution in [0.15, 0.2) is 39.1 Å². The maximum absolute atomic E-state index is 11.8. The minimum absolute atomic E-state index is 0.00290. The largest absolute Gasteiger partial charge is 0.344 e. The topological polar surface area (TPSA) is 76.7 Å². The summed E-state index contributed by atoms with van der Waals surface area (Å²) in [7, 11) is 0. The van der Waals surface area contributed by atoms with Crippen molar-refractivity contribution in [2.45, 2.75) is 49.3 Å². The molecule has 0 unspecified atom stereocenters. The van der Waals surface area contributed by atoms with Crippen LogP contribution >= 0.6 is 11.8 Å². The SMILES string of the molecule is CC[C@@H](N)c1ccccc1Sc1n[nH]c(=O)n1C(C)C. The zero-order valence-corrected chi connectivity index (χ0v) is 12.8. The molecule has 1 heterocycles. The predicted molar refractivity (Wildman–Crippen MR) is 81.0 cm³/mol. The molecule has 0 saturated heterocycles. The quantitative estimate of drug-likeness (QED) is 0.888. The van der Waals surface area contributed by atoms with Gasteiger partial charge in [-0.15, -0.1) is 5.10 Å². The van der Waals surface area contributed by atoms with Crippen molar-refractivity contribution >= 4 is 11.8 Å². The molecule has 2 aromatic rings. The second-order valence-electron chi connectivity index (χ2n) is 4.93. The molecule has 0 radical (unpaired) electrons. The van der Waals surface area contributed by atoms with Crippen molar-refractivity contribution < 1.29 is 0 Å². The normalized spacial score (nSPS) is 12.8. The van der Waals surface area contributed by atoms with Crippen molar-refractivity contribution in [1.29, 1.82) is 0 Å². The molecule has 0 aliphatic heterocycles. The molecule has 0 fully saturated rings. The second-order valence-corrected chi connectivity index (χ2v) is 5.94. The van der Waals surface area contributed by atoms with E-state index in [1.807, 2.05) is 38.1 Å². The average molecular weight is 292 g/mol. The number of benzene rings is 1. The summed E-state index contributed by atoms with van der Waals surface area (Å²) in [5.74, 6) is 0. The van der Waals surface area contributed by atoms with Gasteiger partial charge < -0.3 is 5.73 Å². The number of aromatic nitrogens is 3. The molecular formula is C14H20N4OS. The zero-order chi connectivity index (χ0) is 14.7. The monoisotopic (exact) mass is 292 g/mol. The van der Waals surface area contributed by atoms with Gasteiger partial charge in [0.05, 0.1) is 0 Å². The smallest absolute Gasteiger partial charge is 0.324 e. The molecule has 3 N–H and O–H groups in total. The molecule has 1 aromatic heterocycles. The minimum atomic E-state index is -0.181. The Kier molecular flexibility index (Phi) is 4.67. The summed E-state index contributed by atoms with van der Waals surface area (Å²) in [6.07, 6.45) is 0.870. The van der Waals surface area contributed by atoms with Crippen LogP contribution < -0.4 is 11.4 Å². The number of rotatable bonds is 5. The zero-order valence-electron chi connectivity index (χ0n) is 12.0. The van der Waals surface area contributed by atoms with Gasteiger partial charge in [0.15, 0.2) is 5.16 Å². The van der Waals surface area contributed by atoms with Crippen molar-refractivity contribution in [1.82, 2.24) is 14.8 Å². The highest BCUT2D eigenvalue weighted by Crippen LogP contribution is 2.32. The summed E-state index contributed by atoms with van der Waals surface area (Å²) in [5.41, 5.74) is 7.05. The van der Waals surface area contributed by atoms with Crippen LogP contribution in [0.2, 0.25) is 0 Å². The van der Waals surface area contributed by atoms with Crippen molar-refractivity contribution in [3.05, 3.63) is 40.3 Å². The van der Waals surface area contributed by atoms with Crippen LogP contribution in [0.1, 0.15) is 44.8 Å². The van der Waals surface area contributed by atoms with Gasteiger partial charge in [-0.05, 0) is 43.7 Å². The summed E-state index contributed by atoms with van der Waals surface area (Å²) in [5, 5.41) is 7.28. The number of hydrogen-bond acceptors (Lipinski definition) is 4. The average Bonchev–Trinajstić information content (AvgIpc) is 2.79. The first kappa shape index (κ1) is 14.9.